The van der Waals surface area contributed by atoms with Gasteiger partial charge in [-0.25, -0.2) is 9.78 Å². The Kier molecular flexibility index (Phi) is 7.23. The Morgan fingerprint density at radius 1 is 1.19 bits per heavy atom. The average molecular weight is 490 g/mol. The monoisotopic (exact) mass is 489 g/mol. The minimum atomic E-state index is -0.422. The number of aromatic nitrogens is 2. The smallest absolute Gasteiger partial charge is 0.341 e. The van der Waals surface area contributed by atoms with E-state index < -0.39 is 5.97 Å². The van der Waals surface area contributed by atoms with E-state index in [1.54, 1.807) is 37.8 Å². The number of nitrogens with one attached hydrogen (secondary N) is 1. The van der Waals surface area contributed by atoms with E-state index in [9.17, 15) is 4.79 Å². The Labute approximate surface area is 210 Å². The molecule has 0 atom stereocenters. The molecule has 1 aromatic carbocycles. The largest absolute Gasteiger partial charge is 0.497 e. The fourth-order valence-corrected chi connectivity index (χ4v) is 5.01. The Bertz CT molecular complexity index is 1310. The molecule has 36 heavy (non-hydrogen) atoms. The van der Waals surface area contributed by atoms with Gasteiger partial charge in [0.25, 0.3) is 0 Å². The van der Waals surface area contributed by atoms with Crippen molar-refractivity contribution in [1.29, 1.82) is 0 Å². The summed E-state index contributed by atoms with van der Waals surface area (Å²) in [4.78, 5) is 22.4. The first kappa shape index (κ1) is 23.9. The number of ether oxygens (including phenoxy) is 3. The summed E-state index contributed by atoms with van der Waals surface area (Å²) < 4.78 is 21.4. The van der Waals surface area contributed by atoms with Gasteiger partial charge in [0.2, 0.25) is 0 Å². The van der Waals surface area contributed by atoms with Gasteiger partial charge in [0.05, 0.1) is 26.7 Å². The number of likely N-dealkylation sites (tertiary alicyclic amines) is 1. The number of furan rings is 1. The highest BCUT2D eigenvalue weighted by atomic mass is 16.5. The van der Waals surface area contributed by atoms with Crippen molar-refractivity contribution in [3.05, 3.63) is 77.5 Å². The highest BCUT2D eigenvalue weighted by molar-refractivity contribution is 5.92. The molecule has 0 bridgehead atoms. The van der Waals surface area contributed by atoms with E-state index in [-0.39, 0.29) is 0 Å². The molecule has 5 rings (SSSR count). The average Bonchev–Trinajstić information content (AvgIpc) is 3.59. The molecule has 3 aromatic heterocycles. The summed E-state index contributed by atoms with van der Waals surface area (Å²) in [5.74, 6) is 1.17. The SMILES string of the molecule is COC(=O)c1ccc(OC)cc1OCCN1CCC(c2c[nH]c3nccc(Cc4ccoc4)c23)CC1. The van der Waals surface area contributed by atoms with Crippen LogP contribution in [0.25, 0.3) is 11.0 Å². The van der Waals surface area contributed by atoms with Gasteiger partial charge >= 0.3 is 5.97 Å². The lowest BCUT2D eigenvalue weighted by molar-refractivity contribution is 0.0595. The van der Waals surface area contributed by atoms with E-state index in [2.05, 4.69) is 27.1 Å². The molecule has 8 heteroatoms. The number of methoxy groups -OCH3 is 2. The fraction of sp³-hybridized carbons (Fsp3) is 0.357. The molecule has 0 saturated carbocycles. The molecule has 0 unspecified atom stereocenters. The third kappa shape index (κ3) is 5.09. The lowest BCUT2D eigenvalue weighted by Gasteiger charge is -2.32. The molecule has 188 valence electrons. The number of esters is 1. The van der Waals surface area contributed by atoms with Gasteiger partial charge in [-0.3, -0.25) is 4.90 Å². The van der Waals surface area contributed by atoms with Gasteiger partial charge < -0.3 is 23.6 Å². The van der Waals surface area contributed by atoms with Gasteiger partial charge in [0, 0.05) is 36.8 Å². The molecule has 4 heterocycles. The number of carbonyl (C=O) groups excluding carboxylic acids is 1. The number of piperidine rings is 1. The highest BCUT2D eigenvalue weighted by Gasteiger charge is 2.24. The second-order valence-electron chi connectivity index (χ2n) is 9.06. The third-order valence-electron chi connectivity index (χ3n) is 6.95. The zero-order valence-electron chi connectivity index (χ0n) is 20.7. The predicted octanol–water partition coefficient (Wildman–Crippen LogP) is 4.80. The second-order valence-corrected chi connectivity index (χ2v) is 9.06. The van der Waals surface area contributed by atoms with Gasteiger partial charge in [-0.2, -0.15) is 0 Å². The van der Waals surface area contributed by atoms with E-state index in [0.29, 0.717) is 29.6 Å². The van der Waals surface area contributed by atoms with E-state index in [1.807, 2.05) is 12.3 Å². The summed E-state index contributed by atoms with van der Waals surface area (Å²) in [7, 11) is 2.95. The first-order chi connectivity index (χ1) is 17.7. The van der Waals surface area contributed by atoms with Crippen molar-refractivity contribution >= 4 is 17.0 Å². The molecule has 1 aliphatic heterocycles. The first-order valence-electron chi connectivity index (χ1n) is 12.2. The Morgan fingerprint density at radius 3 is 2.81 bits per heavy atom. The van der Waals surface area contributed by atoms with Crippen molar-refractivity contribution in [2.75, 3.05) is 40.5 Å². The first-order valence-corrected chi connectivity index (χ1v) is 12.2. The van der Waals surface area contributed by atoms with Crippen LogP contribution in [0.4, 0.5) is 0 Å². The van der Waals surface area contributed by atoms with Crippen LogP contribution in [-0.2, 0) is 11.2 Å². The van der Waals surface area contributed by atoms with Crippen molar-refractivity contribution in [1.82, 2.24) is 14.9 Å². The van der Waals surface area contributed by atoms with Crippen molar-refractivity contribution in [3.63, 3.8) is 0 Å². The lowest BCUT2D eigenvalue weighted by Crippen LogP contribution is -2.36. The van der Waals surface area contributed by atoms with Crippen LogP contribution >= 0.6 is 0 Å². The highest BCUT2D eigenvalue weighted by Crippen LogP contribution is 2.35. The number of carbonyl (C=O) groups is 1. The number of hydrogen-bond donors (Lipinski definition) is 1. The molecular formula is C28H31N3O5. The normalized spacial score (nSPS) is 14.7. The number of H-pyrrole nitrogens is 1. The van der Waals surface area contributed by atoms with Crippen LogP contribution in [0.1, 0.15) is 45.8 Å². The van der Waals surface area contributed by atoms with Crippen molar-refractivity contribution in [2.24, 2.45) is 0 Å². The van der Waals surface area contributed by atoms with Crippen molar-refractivity contribution < 1.29 is 23.4 Å². The van der Waals surface area contributed by atoms with Gasteiger partial charge in [-0.05, 0) is 72.8 Å². The standard InChI is InChI=1S/C28H31N3O5/c1-33-22-3-4-23(28(32)34-2)25(16-22)36-14-12-31-10-6-20(7-11-31)24-17-30-27-26(24)21(5-9-29-27)15-19-8-13-35-18-19/h3-5,8-9,13,16-18,20H,6-7,10-12,14-15H2,1-2H3,(H,29,30). The fourth-order valence-electron chi connectivity index (χ4n) is 5.01. The zero-order valence-corrected chi connectivity index (χ0v) is 20.7. The van der Waals surface area contributed by atoms with Crippen molar-refractivity contribution in [3.8, 4) is 11.5 Å². The molecule has 1 N–H and O–H groups in total. The Hall–Kier alpha value is -3.78. The number of rotatable bonds is 9. The minimum Gasteiger partial charge on any atom is -0.497 e. The van der Waals surface area contributed by atoms with Crippen LogP contribution in [0.2, 0.25) is 0 Å². The molecule has 1 fully saturated rings. The maximum absolute atomic E-state index is 12.1. The second kappa shape index (κ2) is 10.9. The summed E-state index contributed by atoms with van der Waals surface area (Å²) >= 11 is 0. The molecule has 0 spiro atoms. The van der Waals surface area contributed by atoms with Crippen LogP contribution in [0.5, 0.6) is 11.5 Å². The van der Waals surface area contributed by atoms with E-state index >= 15 is 0 Å². The van der Waals surface area contributed by atoms with Crippen LogP contribution in [0, 0.1) is 0 Å². The summed E-state index contributed by atoms with van der Waals surface area (Å²) in [6.07, 6.45) is 10.5. The van der Waals surface area contributed by atoms with Crippen LogP contribution in [-0.4, -0.2) is 61.3 Å². The van der Waals surface area contributed by atoms with Crippen LogP contribution < -0.4 is 9.47 Å². The Balaban J connectivity index is 1.20. The van der Waals surface area contributed by atoms with E-state index in [0.717, 1.165) is 50.1 Å². The van der Waals surface area contributed by atoms with Gasteiger partial charge in [0.15, 0.2) is 0 Å². The maximum atomic E-state index is 12.1. The summed E-state index contributed by atoms with van der Waals surface area (Å²) in [5, 5.41) is 1.24. The molecule has 0 aliphatic carbocycles. The Morgan fingerprint density at radius 2 is 2.06 bits per heavy atom. The number of aromatic amines is 1. The maximum Gasteiger partial charge on any atom is 0.341 e. The number of fused-ring (bicyclic) bond motifs is 1. The zero-order chi connectivity index (χ0) is 24.9. The number of benzene rings is 1. The quantitative estimate of drug-likeness (QED) is 0.338. The van der Waals surface area contributed by atoms with Crippen molar-refractivity contribution in [2.45, 2.75) is 25.2 Å². The molecule has 1 saturated heterocycles. The van der Waals surface area contributed by atoms with Crippen LogP contribution in [0.15, 0.2) is 59.7 Å². The van der Waals surface area contributed by atoms with Gasteiger partial charge in [0.1, 0.15) is 29.3 Å². The van der Waals surface area contributed by atoms with E-state index in [4.69, 9.17) is 18.6 Å². The summed E-state index contributed by atoms with van der Waals surface area (Å²) in [6.45, 7) is 3.24. The predicted molar refractivity (Wildman–Crippen MR) is 136 cm³/mol. The minimum absolute atomic E-state index is 0.399. The lowest BCUT2D eigenvalue weighted by atomic mass is 9.88. The van der Waals surface area contributed by atoms with Gasteiger partial charge in [-0.1, -0.05) is 0 Å². The molecule has 0 radical (unpaired) electrons. The van der Waals surface area contributed by atoms with Gasteiger partial charge in [-0.15, -0.1) is 0 Å². The molecule has 8 nitrogen and oxygen atoms in total. The number of pyridine rings is 1. The molecule has 4 aromatic rings. The topological polar surface area (TPSA) is 89.8 Å². The van der Waals surface area contributed by atoms with E-state index in [1.165, 1.54) is 23.6 Å². The molecular weight excluding hydrogens is 458 g/mol. The van der Waals surface area contributed by atoms with Crippen LogP contribution in [0.3, 0.4) is 0 Å². The number of nitrogens with zero attached hydrogens (tertiary/aromatic N) is 2. The summed E-state index contributed by atoms with van der Waals surface area (Å²) in [6, 6.07) is 9.25. The third-order valence-corrected chi connectivity index (χ3v) is 6.95. The summed E-state index contributed by atoms with van der Waals surface area (Å²) in [5.41, 5.74) is 5.13. The molecule has 1 aliphatic rings. The molecule has 0 amide bonds. The number of hydrogen-bond acceptors (Lipinski definition) is 7.